The molecule has 3 aromatic carbocycles. The van der Waals surface area contributed by atoms with Gasteiger partial charge in [-0.15, -0.1) is 0 Å². The maximum Gasteiger partial charge on any atom is 0.335 e. The lowest BCUT2D eigenvalue weighted by molar-refractivity contribution is 0.0697. The van der Waals surface area contributed by atoms with Crippen molar-refractivity contribution in [3.8, 4) is 11.1 Å². The third-order valence-corrected chi connectivity index (χ3v) is 5.80. The quantitative estimate of drug-likeness (QED) is 0.318. The zero-order valence-electron chi connectivity index (χ0n) is 15.9. The van der Waals surface area contributed by atoms with Gasteiger partial charge in [-0.05, 0) is 75.0 Å². The van der Waals surface area contributed by atoms with Gasteiger partial charge < -0.3 is 5.11 Å². The number of nitrogens with zero attached hydrogens (tertiary/aromatic N) is 3. The molecule has 5 heteroatoms. The van der Waals surface area contributed by atoms with Crippen molar-refractivity contribution in [2.45, 2.75) is 38.1 Å². The lowest BCUT2D eigenvalue weighted by atomic mass is 9.70. The average molecular weight is 371 g/mol. The predicted molar refractivity (Wildman–Crippen MR) is 110 cm³/mol. The summed E-state index contributed by atoms with van der Waals surface area (Å²) in [5.74, 6) is -0.919. The lowest BCUT2D eigenvalue weighted by Crippen LogP contribution is -2.25. The Morgan fingerprint density at radius 3 is 2.50 bits per heavy atom. The summed E-state index contributed by atoms with van der Waals surface area (Å²) in [6.07, 6.45) is 1.84. The molecule has 3 aromatic rings. The zero-order valence-corrected chi connectivity index (χ0v) is 15.9. The molecular formula is C23H21N3O2. The Labute approximate surface area is 163 Å². The van der Waals surface area contributed by atoms with Crippen molar-refractivity contribution in [3.63, 3.8) is 0 Å². The minimum absolute atomic E-state index is 0.0278. The molecule has 0 aliphatic heterocycles. The highest BCUT2D eigenvalue weighted by molar-refractivity contribution is 5.95. The summed E-state index contributed by atoms with van der Waals surface area (Å²) >= 11 is 0. The molecule has 1 atom stereocenters. The first-order chi connectivity index (χ1) is 13.4. The molecule has 0 radical (unpaired) electrons. The smallest absolute Gasteiger partial charge is 0.335 e. The van der Waals surface area contributed by atoms with Crippen molar-refractivity contribution in [2.24, 2.45) is 5.11 Å². The van der Waals surface area contributed by atoms with E-state index in [1.165, 1.54) is 5.56 Å². The third kappa shape index (κ3) is 3.10. The maximum atomic E-state index is 11.2. The molecular weight excluding hydrogens is 350 g/mol. The van der Waals surface area contributed by atoms with Crippen LogP contribution in [0.25, 0.3) is 32.3 Å². The van der Waals surface area contributed by atoms with Gasteiger partial charge >= 0.3 is 5.97 Å². The monoisotopic (exact) mass is 371 g/mol. The molecule has 0 fully saturated rings. The average Bonchev–Trinajstić information content (AvgIpc) is 2.69. The van der Waals surface area contributed by atoms with Gasteiger partial charge in [-0.1, -0.05) is 55.4 Å². The van der Waals surface area contributed by atoms with Crippen LogP contribution in [0.3, 0.4) is 0 Å². The Hall–Kier alpha value is -3.30. The molecule has 0 aromatic heterocycles. The SMILES string of the molecule is CC1(C)CCC(N=[N+]=[N-])c2ccc(-c3ccc4cc(C(=O)O)ccc4c3)cc21. The number of rotatable bonds is 3. The summed E-state index contributed by atoms with van der Waals surface area (Å²) in [5, 5.41) is 15.1. The van der Waals surface area contributed by atoms with Crippen molar-refractivity contribution >= 4 is 16.7 Å². The van der Waals surface area contributed by atoms with Gasteiger partial charge in [0.1, 0.15) is 0 Å². The summed E-state index contributed by atoms with van der Waals surface area (Å²) in [5.41, 5.74) is 13.7. The van der Waals surface area contributed by atoms with Crippen LogP contribution in [0.4, 0.5) is 0 Å². The minimum atomic E-state index is -0.919. The second kappa shape index (κ2) is 6.70. The van der Waals surface area contributed by atoms with E-state index in [2.05, 4.69) is 48.1 Å². The standard InChI is InChI=1S/C23H21N3O2/c1-23(2)10-9-21(25-26-24)19-8-7-17(13-20(19)23)15-3-4-16-12-18(22(27)28)6-5-14(16)11-15/h3-8,11-13,21H,9-10H2,1-2H3,(H,27,28). The summed E-state index contributed by atoms with van der Waals surface area (Å²) in [6.45, 7) is 4.46. The first kappa shape index (κ1) is 18.1. The number of hydrogen-bond donors (Lipinski definition) is 1. The van der Waals surface area contributed by atoms with E-state index in [1.807, 2.05) is 18.2 Å². The number of carboxylic acid groups (broad SMARTS) is 1. The highest BCUT2D eigenvalue weighted by Gasteiger charge is 2.32. The van der Waals surface area contributed by atoms with Crippen molar-refractivity contribution < 1.29 is 9.90 Å². The number of carbonyl (C=O) groups is 1. The second-order valence-electron chi connectivity index (χ2n) is 8.03. The van der Waals surface area contributed by atoms with Crippen LogP contribution in [-0.4, -0.2) is 11.1 Å². The first-order valence-electron chi connectivity index (χ1n) is 9.35. The molecule has 1 aliphatic rings. The Morgan fingerprint density at radius 1 is 1.07 bits per heavy atom. The number of fused-ring (bicyclic) bond motifs is 2. The van der Waals surface area contributed by atoms with Crippen LogP contribution in [0.5, 0.6) is 0 Å². The van der Waals surface area contributed by atoms with Gasteiger partial charge in [0.25, 0.3) is 0 Å². The van der Waals surface area contributed by atoms with Crippen molar-refractivity contribution in [2.75, 3.05) is 0 Å². The number of azide groups is 1. The van der Waals surface area contributed by atoms with Crippen LogP contribution in [-0.2, 0) is 5.41 Å². The van der Waals surface area contributed by atoms with Crippen LogP contribution < -0.4 is 0 Å². The van der Waals surface area contributed by atoms with Crippen molar-refractivity contribution in [3.05, 3.63) is 81.7 Å². The largest absolute Gasteiger partial charge is 0.478 e. The number of benzene rings is 3. The fourth-order valence-corrected chi connectivity index (χ4v) is 4.14. The van der Waals surface area contributed by atoms with E-state index in [4.69, 9.17) is 10.6 Å². The molecule has 0 spiro atoms. The topological polar surface area (TPSA) is 86.1 Å². The molecule has 4 rings (SSSR count). The van der Waals surface area contributed by atoms with Gasteiger partial charge in [0.15, 0.2) is 0 Å². The van der Waals surface area contributed by atoms with E-state index < -0.39 is 5.97 Å². The molecule has 0 saturated heterocycles. The van der Waals surface area contributed by atoms with Gasteiger partial charge in [0, 0.05) is 4.91 Å². The Bertz CT molecular complexity index is 1140. The highest BCUT2D eigenvalue weighted by Crippen LogP contribution is 2.44. The van der Waals surface area contributed by atoms with E-state index in [9.17, 15) is 4.79 Å². The van der Waals surface area contributed by atoms with E-state index in [1.54, 1.807) is 12.1 Å². The normalized spacial score (nSPS) is 17.6. The third-order valence-electron chi connectivity index (χ3n) is 5.80. The van der Waals surface area contributed by atoms with Crippen LogP contribution in [0.15, 0.2) is 59.7 Å². The van der Waals surface area contributed by atoms with Crippen LogP contribution >= 0.6 is 0 Å². The van der Waals surface area contributed by atoms with Gasteiger partial charge in [0.05, 0.1) is 11.6 Å². The van der Waals surface area contributed by atoms with E-state index >= 15 is 0 Å². The number of carboxylic acids is 1. The summed E-state index contributed by atoms with van der Waals surface area (Å²) in [4.78, 5) is 14.2. The number of aromatic carboxylic acids is 1. The highest BCUT2D eigenvalue weighted by atomic mass is 16.4. The molecule has 1 N–H and O–H groups in total. The molecule has 0 heterocycles. The summed E-state index contributed by atoms with van der Waals surface area (Å²) in [7, 11) is 0. The second-order valence-corrected chi connectivity index (χ2v) is 8.03. The zero-order chi connectivity index (χ0) is 19.9. The van der Waals surface area contributed by atoms with Gasteiger partial charge in [-0.3, -0.25) is 0 Å². The molecule has 1 aliphatic carbocycles. The molecule has 5 nitrogen and oxygen atoms in total. The predicted octanol–water partition coefficient (Wildman–Crippen LogP) is 6.63. The van der Waals surface area contributed by atoms with E-state index in [-0.39, 0.29) is 11.5 Å². The molecule has 0 bridgehead atoms. The lowest BCUT2D eigenvalue weighted by Gasteiger charge is -2.36. The fraction of sp³-hybridized carbons (Fsp3) is 0.261. The van der Waals surface area contributed by atoms with Crippen molar-refractivity contribution in [1.29, 1.82) is 0 Å². The van der Waals surface area contributed by atoms with E-state index in [0.717, 1.165) is 40.3 Å². The van der Waals surface area contributed by atoms with Crippen molar-refractivity contribution in [1.82, 2.24) is 0 Å². The first-order valence-corrected chi connectivity index (χ1v) is 9.35. The van der Waals surface area contributed by atoms with Crippen LogP contribution in [0.1, 0.15) is 54.2 Å². The van der Waals surface area contributed by atoms with E-state index in [0.29, 0.717) is 5.56 Å². The maximum absolute atomic E-state index is 11.2. The molecule has 0 saturated carbocycles. The molecule has 28 heavy (non-hydrogen) atoms. The van der Waals surface area contributed by atoms with Gasteiger partial charge in [0.2, 0.25) is 0 Å². The molecule has 1 unspecified atom stereocenters. The summed E-state index contributed by atoms with van der Waals surface area (Å²) in [6, 6.07) is 17.5. The molecule has 0 amide bonds. The summed E-state index contributed by atoms with van der Waals surface area (Å²) < 4.78 is 0. The Morgan fingerprint density at radius 2 is 1.75 bits per heavy atom. The van der Waals surface area contributed by atoms with Gasteiger partial charge in [-0.2, -0.15) is 0 Å². The fourth-order valence-electron chi connectivity index (χ4n) is 4.14. The minimum Gasteiger partial charge on any atom is -0.478 e. The Balaban J connectivity index is 1.80. The Kier molecular flexibility index (Phi) is 4.33. The van der Waals surface area contributed by atoms with Crippen LogP contribution in [0.2, 0.25) is 0 Å². The van der Waals surface area contributed by atoms with Crippen LogP contribution in [0, 0.1) is 0 Å². The number of hydrogen-bond acceptors (Lipinski definition) is 2. The molecule has 140 valence electrons. The van der Waals surface area contributed by atoms with Gasteiger partial charge in [-0.25, -0.2) is 4.79 Å².